The van der Waals surface area contributed by atoms with Crippen molar-refractivity contribution < 1.29 is 17.6 Å². The van der Waals surface area contributed by atoms with Crippen LogP contribution in [0.2, 0.25) is 0 Å². The summed E-state index contributed by atoms with van der Waals surface area (Å²) in [5.41, 5.74) is 3.52. The quantitative estimate of drug-likeness (QED) is 0.440. The van der Waals surface area contributed by atoms with Gasteiger partial charge in [-0.05, 0) is 17.2 Å². The van der Waals surface area contributed by atoms with Gasteiger partial charge in [0.15, 0.2) is 5.82 Å². The normalized spacial score (nSPS) is 11.5. The molecule has 0 amide bonds. The third kappa shape index (κ3) is 3.52. The van der Waals surface area contributed by atoms with Gasteiger partial charge in [0, 0.05) is 24.4 Å². The molecule has 10 heteroatoms. The van der Waals surface area contributed by atoms with Crippen molar-refractivity contribution in [3.05, 3.63) is 78.2 Å². The van der Waals surface area contributed by atoms with Gasteiger partial charge in [0.25, 0.3) is 11.8 Å². The van der Waals surface area contributed by atoms with Gasteiger partial charge in [-0.25, -0.2) is 19.3 Å². The molecule has 0 radical (unpaired) electrons. The summed E-state index contributed by atoms with van der Waals surface area (Å²) in [4.78, 5) is 15.6. The van der Waals surface area contributed by atoms with Crippen LogP contribution in [0.3, 0.4) is 0 Å². The molecule has 0 saturated carbocycles. The van der Waals surface area contributed by atoms with Crippen molar-refractivity contribution in [2.45, 2.75) is 12.8 Å². The number of halogens is 3. The molecule has 31 heavy (non-hydrogen) atoms. The number of imidazole rings is 1. The number of rotatable bonds is 5. The first-order chi connectivity index (χ1) is 15.1. The lowest BCUT2D eigenvalue weighted by atomic mass is 9.95. The fourth-order valence-corrected chi connectivity index (χ4v) is 3.36. The highest BCUT2D eigenvalue weighted by atomic mass is 19.3. The van der Waals surface area contributed by atoms with Crippen molar-refractivity contribution in [1.29, 1.82) is 0 Å². The summed E-state index contributed by atoms with van der Waals surface area (Å²) >= 11 is 0. The van der Waals surface area contributed by atoms with Crippen molar-refractivity contribution in [3.63, 3.8) is 0 Å². The number of alkyl halides is 2. The number of fused-ring (bicyclic) bond motifs is 1. The van der Waals surface area contributed by atoms with E-state index in [4.69, 9.17) is 4.42 Å². The number of hydrogen-bond acceptors (Lipinski definition) is 6. The Morgan fingerprint density at radius 2 is 1.74 bits per heavy atom. The van der Waals surface area contributed by atoms with Crippen LogP contribution < -0.4 is 0 Å². The fraction of sp³-hybridized carbons (Fsp3) is 0.0952. The maximum atomic E-state index is 14.6. The van der Waals surface area contributed by atoms with E-state index in [0.717, 1.165) is 11.1 Å². The molecule has 154 valence electrons. The molecule has 0 fully saturated rings. The highest BCUT2D eigenvalue weighted by molar-refractivity contribution is 5.94. The van der Waals surface area contributed by atoms with E-state index in [1.54, 1.807) is 0 Å². The van der Waals surface area contributed by atoms with Crippen LogP contribution in [-0.2, 0) is 6.42 Å². The van der Waals surface area contributed by atoms with Crippen LogP contribution in [0.15, 0.2) is 59.5 Å². The second-order valence-electron chi connectivity index (χ2n) is 6.70. The molecule has 0 bridgehead atoms. The first-order valence-electron chi connectivity index (χ1n) is 9.23. The summed E-state index contributed by atoms with van der Waals surface area (Å²) in [6.45, 7) is 0. The van der Waals surface area contributed by atoms with Gasteiger partial charge in [-0.3, -0.25) is 0 Å². The van der Waals surface area contributed by atoms with Crippen molar-refractivity contribution in [2.24, 2.45) is 0 Å². The fourth-order valence-electron chi connectivity index (χ4n) is 3.36. The summed E-state index contributed by atoms with van der Waals surface area (Å²) in [7, 11) is 0. The van der Waals surface area contributed by atoms with Gasteiger partial charge >= 0.3 is 6.43 Å². The Hall–Kier alpha value is -4.08. The third-order valence-electron chi connectivity index (χ3n) is 4.73. The lowest BCUT2D eigenvalue weighted by Gasteiger charge is -2.11. The van der Waals surface area contributed by atoms with Crippen molar-refractivity contribution in [3.8, 4) is 22.6 Å². The SMILES string of the molecule is Fc1cc(Cc2ncc(-c3nnc(C(F)F)o3)cn2)c(-c2ccccc2)c2[nH]cnc12. The Morgan fingerprint density at radius 3 is 2.45 bits per heavy atom. The zero-order valence-electron chi connectivity index (χ0n) is 15.8. The molecule has 0 saturated heterocycles. The van der Waals surface area contributed by atoms with E-state index in [0.29, 0.717) is 22.5 Å². The maximum Gasteiger partial charge on any atom is 0.314 e. The van der Waals surface area contributed by atoms with Crippen LogP contribution in [-0.4, -0.2) is 30.1 Å². The summed E-state index contributed by atoms with van der Waals surface area (Å²) in [5, 5.41) is 6.87. The minimum absolute atomic E-state index is 0.100. The number of aromatic nitrogens is 6. The Morgan fingerprint density at radius 1 is 0.968 bits per heavy atom. The predicted octanol–water partition coefficient (Wildman–Crippen LogP) is 4.74. The maximum absolute atomic E-state index is 14.6. The molecule has 5 rings (SSSR count). The van der Waals surface area contributed by atoms with E-state index < -0.39 is 18.1 Å². The molecule has 7 nitrogen and oxygen atoms in total. The first kappa shape index (κ1) is 18.9. The Balaban J connectivity index is 1.52. The monoisotopic (exact) mass is 422 g/mol. The van der Waals surface area contributed by atoms with Gasteiger partial charge < -0.3 is 9.40 Å². The summed E-state index contributed by atoms with van der Waals surface area (Å²) in [6.07, 6.45) is 1.64. The largest absolute Gasteiger partial charge is 0.415 e. The molecular formula is C21H13F3N6O. The minimum atomic E-state index is -2.86. The number of nitrogens with zero attached hydrogens (tertiary/aromatic N) is 5. The van der Waals surface area contributed by atoms with Crippen LogP contribution in [0.5, 0.6) is 0 Å². The highest BCUT2D eigenvalue weighted by Crippen LogP contribution is 2.33. The number of benzene rings is 2. The smallest absolute Gasteiger partial charge is 0.314 e. The molecule has 2 aromatic carbocycles. The van der Waals surface area contributed by atoms with Gasteiger partial charge in [0.2, 0.25) is 0 Å². The second kappa shape index (κ2) is 7.63. The molecule has 0 atom stereocenters. The topological polar surface area (TPSA) is 93.4 Å². The molecule has 0 aliphatic heterocycles. The molecule has 0 aliphatic carbocycles. The van der Waals surface area contributed by atoms with Gasteiger partial charge in [0.1, 0.15) is 11.3 Å². The van der Waals surface area contributed by atoms with Gasteiger partial charge in [-0.2, -0.15) is 8.78 Å². The lowest BCUT2D eigenvalue weighted by Crippen LogP contribution is -2.00. The zero-order valence-corrected chi connectivity index (χ0v) is 15.8. The third-order valence-corrected chi connectivity index (χ3v) is 4.73. The van der Waals surface area contributed by atoms with E-state index in [9.17, 15) is 13.2 Å². The van der Waals surface area contributed by atoms with Crippen LogP contribution in [0, 0.1) is 5.82 Å². The molecule has 1 N–H and O–H groups in total. The van der Waals surface area contributed by atoms with Crippen molar-refractivity contribution in [1.82, 2.24) is 30.1 Å². The zero-order chi connectivity index (χ0) is 21.4. The molecule has 0 unspecified atom stereocenters. The standard InChI is InChI=1S/C21H13F3N6O/c22-14-6-12(16(11-4-2-1-3-5-11)18-17(14)27-10-28-18)7-15-25-8-13(9-26-15)20-29-30-21(31-20)19(23)24/h1-6,8-10,19H,7H2,(H,27,28). The van der Waals surface area contributed by atoms with E-state index in [2.05, 4.69) is 30.1 Å². The predicted molar refractivity (Wildman–Crippen MR) is 105 cm³/mol. The van der Waals surface area contributed by atoms with Crippen molar-refractivity contribution in [2.75, 3.05) is 0 Å². The number of aromatic amines is 1. The molecule has 3 aromatic heterocycles. The van der Waals surface area contributed by atoms with Gasteiger partial charge in [0.05, 0.1) is 17.4 Å². The second-order valence-corrected chi connectivity index (χ2v) is 6.70. The molecule has 0 spiro atoms. The van der Waals surface area contributed by atoms with E-state index in [1.807, 2.05) is 30.3 Å². The summed E-state index contributed by atoms with van der Waals surface area (Å²) in [5.74, 6) is -0.910. The van der Waals surface area contributed by atoms with Crippen molar-refractivity contribution >= 4 is 11.0 Å². The van der Waals surface area contributed by atoms with Crippen LogP contribution in [0.25, 0.3) is 33.6 Å². The van der Waals surface area contributed by atoms with Gasteiger partial charge in [-0.15, -0.1) is 10.2 Å². The molecule has 3 heterocycles. The molecular weight excluding hydrogens is 409 g/mol. The van der Waals surface area contributed by atoms with Crippen LogP contribution in [0.1, 0.15) is 23.7 Å². The number of H-pyrrole nitrogens is 1. The average molecular weight is 422 g/mol. The van der Waals surface area contributed by atoms with Gasteiger partial charge in [-0.1, -0.05) is 30.3 Å². The number of nitrogens with one attached hydrogen (secondary N) is 1. The van der Waals surface area contributed by atoms with Crippen LogP contribution >= 0.6 is 0 Å². The lowest BCUT2D eigenvalue weighted by molar-refractivity contribution is 0.116. The molecule has 5 aromatic rings. The Labute approximate surface area is 173 Å². The van der Waals surface area contributed by atoms with E-state index in [1.165, 1.54) is 24.8 Å². The summed E-state index contributed by atoms with van der Waals surface area (Å²) < 4.78 is 44.8. The highest BCUT2D eigenvalue weighted by Gasteiger charge is 2.19. The Kier molecular flexibility index (Phi) is 4.66. The number of hydrogen-bond donors (Lipinski definition) is 1. The van der Waals surface area contributed by atoms with E-state index in [-0.39, 0.29) is 17.8 Å². The Bertz CT molecular complexity index is 1350. The van der Waals surface area contributed by atoms with E-state index >= 15 is 0 Å². The van der Waals surface area contributed by atoms with Crippen LogP contribution in [0.4, 0.5) is 13.2 Å². The summed E-state index contributed by atoms with van der Waals surface area (Å²) in [6, 6.07) is 11.0. The first-order valence-corrected chi connectivity index (χ1v) is 9.23. The minimum Gasteiger partial charge on any atom is -0.415 e. The average Bonchev–Trinajstić information content (AvgIpc) is 3.46. The molecule has 0 aliphatic rings.